The van der Waals surface area contributed by atoms with E-state index in [2.05, 4.69) is 5.32 Å². The van der Waals surface area contributed by atoms with E-state index in [1.165, 1.54) is 13.2 Å². The third-order valence-corrected chi connectivity index (χ3v) is 2.40. The number of carboxylic acids is 1. The Morgan fingerprint density at radius 2 is 2.25 bits per heavy atom. The lowest BCUT2D eigenvalue weighted by Gasteiger charge is -2.11. The van der Waals surface area contributed by atoms with Gasteiger partial charge < -0.3 is 15.2 Å². The summed E-state index contributed by atoms with van der Waals surface area (Å²) in [5.41, 5.74) is 0.750. The number of halogens is 1. The van der Waals surface area contributed by atoms with Crippen LogP contribution in [0.4, 0.5) is 5.69 Å². The van der Waals surface area contributed by atoms with Crippen molar-refractivity contribution in [3.8, 4) is 5.75 Å². The Morgan fingerprint density at radius 1 is 1.56 bits per heavy atom. The highest BCUT2D eigenvalue weighted by Gasteiger charge is 2.14. The highest BCUT2D eigenvalue weighted by Crippen LogP contribution is 2.30. The molecule has 88 valence electrons. The Bertz CT molecular complexity index is 393. The second kappa shape index (κ2) is 5.61. The van der Waals surface area contributed by atoms with Gasteiger partial charge in [0.1, 0.15) is 11.3 Å². The molecule has 1 rings (SSSR count). The van der Waals surface area contributed by atoms with Crippen LogP contribution < -0.4 is 10.1 Å². The van der Waals surface area contributed by atoms with E-state index in [1.54, 1.807) is 6.07 Å². The first-order valence-electron chi connectivity index (χ1n) is 4.94. The molecular formula is C11H14ClNO3. The lowest BCUT2D eigenvalue weighted by atomic mass is 10.1. The van der Waals surface area contributed by atoms with Gasteiger partial charge in [0, 0.05) is 12.6 Å². The summed E-state index contributed by atoms with van der Waals surface area (Å²) in [6.45, 7) is 2.80. The summed E-state index contributed by atoms with van der Waals surface area (Å²) in [7, 11) is 1.43. The number of ether oxygens (including phenoxy) is 1. The van der Waals surface area contributed by atoms with Gasteiger partial charge in [0.2, 0.25) is 0 Å². The van der Waals surface area contributed by atoms with Crippen molar-refractivity contribution in [2.24, 2.45) is 0 Å². The largest absolute Gasteiger partial charge is 0.496 e. The number of carbonyl (C=O) groups is 1. The Balaban J connectivity index is 3.10. The van der Waals surface area contributed by atoms with E-state index in [-0.39, 0.29) is 5.56 Å². The van der Waals surface area contributed by atoms with Crippen molar-refractivity contribution in [2.75, 3.05) is 19.0 Å². The number of hydrogen-bond donors (Lipinski definition) is 2. The zero-order chi connectivity index (χ0) is 12.1. The third-order valence-electron chi connectivity index (χ3n) is 2.09. The zero-order valence-electron chi connectivity index (χ0n) is 9.21. The van der Waals surface area contributed by atoms with Crippen molar-refractivity contribution in [3.63, 3.8) is 0 Å². The average molecular weight is 244 g/mol. The van der Waals surface area contributed by atoms with E-state index >= 15 is 0 Å². The van der Waals surface area contributed by atoms with Gasteiger partial charge in [-0.25, -0.2) is 4.79 Å². The average Bonchev–Trinajstić information content (AvgIpc) is 2.26. The highest BCUT2D eigenvalue weighted by molar-refractivity contribution is 6.33. The minimum absolute atomic E-state index is 0.0644. The lowest BCUT2D eigenvalue weighted by molar-refractivity contribution is 0.0693. The molecule has 0 saturated carbocycles. The molecule has 4 nitrogen and oxygen atoms in total. The summed E-state index contributed by atoms with van der Waals surface area (Å²) in [5.74, 6) is -0.753. The summed E-state index contributed by atoms with van der Waals surface area (Å²) in [4.78, 5) is 10.9. The predicted octanol–water partition coefficient (Wildman–Crippen LogP) is 2.87. The Labute approximate surface area is 99.2 Å². The standard InChI is InChI=1S/C11H14ClNO3/c1-3-4-13-9-6-10(16-2)7(11(14)15)5-8(9)12/h5-6,13H,3-4H2,1-2H3,(H,14,15). The molecule has 0 saturated heterocycles. The van der Waals surface area contributed by atoms with Gasteiger partial charge in [-0.2, -0.15) is 0 Å². The molecule has 16 heavy (non-hydrogen) atoms. The third kappa shape index (κ3) is 2.79. The minimum Gasteiger partial charge on any atom is -0.496 e. The number of benzene rings is 1. The number of rotatable bonds is 5. The van der Waals surface area contributed by atoms with Crippen LogP contribution in [0.3, 0.4) is 0 Å². The number of hydrogen-bond acceptors (Lipinski definition) is 3. The number of nitrogens with one attached hydrogen (secondary N) is 1. The number of anilines is 1. The molecule has 0 unspecified atom stereocenters. The maximum absolute atomic E-state index is 10.9. The first kappa shape index (κ1) is 12.6. The monoisotopic (exact) mass is 243 g/mol. The first-order chi connectivity index (χ1) is 7.60. The molecule has 0 spiro atoms. The molecule has 0 aliphatic heterocycles. The van der Waals surface area contributed by atoms with Gasteiger partial charge in [-0.3, -0.25) is 0 Å². The Kier molecular flexibility index (Phi) is 4.43. The molecule has 1 aromatic carbocycles. The molecule has 0 atom stereocenters. The molecule has 0 bridgehead atoms. The smallest absolute Gasteiger partial charge is 0.339 e. The SMILES string of the molecule is CCCNc1cc(OC)c(C(=O)O)cc1Cl. The van der Waals surface area contributed by atoms with Crippen molar-refractivity contribution in [3.05, 3.63) is 22.7 Å². The van der Waals surface area contributed by atoms with Gasteiger partial charge >= 0.3 is 5.97 Å². The molecule has 0 amide bonds. The molecule has 1 aromatic rings. The fourth-order valence-corrected chi connectivity index (χ4v) is 1.52. The van der Waals surface area contributed by atoms with Crippen molar-refractivity contribution < 1.29 is 14.6 Å². The fraction of sp³-hybridized carbons (Fsp3) is 0.364. The van der Waals surface area contributed by atoms with Crippen molar-refractivity contribution in [1.82, 2.24) is 0 Å². The minimum atomic E-state index is -1.05. The van der Waals surface area contributed by atoms with Gasteiger partial charge in [0.05, 0.1) is 17.8 Å². The molecular weight excluding hydrogens is 230 g/mol. The zero-order valence-corrected chi connectivity index (χ0v) is 9.97. The fourth-order valence-electron chi connectivity index (χ4n) is 1.28. The van der Waals surface area contributed by atoms with Crippen molar-refractivity contribution >= 4 is 23.3 Å². The summed E-state index contributed by atoms with van der Waals surface area (Å²) in [5, 5.41) is 12.4. The lowest BCUT2D eigenvalue weighted by Crippen LogP contribution is -2.04. The van der Waals surface area contributed by atoms with Crippen LogP contribution in [0.5, 0.6) is 5.75 Å². The van der Waals surface area contributed by atoms with Crippen molar-refractivity contribution in [1.29, 1.82) is 0 Å². The second-order valence-corrected chi connectivity index (χ2v) is 3.67. The molecule has 0 fully saturated rings. The van der Waals surface area contributed by atoms with E-state index in [1.807, 2.05) is 6.92 Å². The summed E-state index contributed by atoms with van der Waals surface area (Å²) in [6, 6.07) is 2.99. The number of methoxy groups -OCH3 is 1. The van der Waals surface area contributed by atoms with Crippen LogP contribution in [-0.4, -0.2) is 24.7 Å². The van der Waals surface area contributed by atoms with Crippen LogP contribution >= 0.6 is 11.6 Å². The molecule has 5 heteroatoms. The number of carboxylic acid groups (broad SMARTS) is 1. The van der Waals surface area contributed by atoms with E-state index in [0.717, 1.165) is 13.0 Å². The maximum atomic E-state index is 10.9. The van der Waals surface area contributed by atoms with E-state index < -0.39 is 5.97 Å². The summed E-state index contributed by atoms with van der Waals surface area (Å²) in [6.07, 6.45) is 0.958. The maximum Gasteiger partial charge on any atom is 0.339 e. The van der Waals surface area contributed by atoms with E-state index in [0.29, 0.717) is 16.5 Å². The van der Waals surface area contributed by atoms with Crippen LogP contribution in [0.1, 0.15) is 23.7 Å². The number of aromatic carboxylic acids is 1. The van der Waals surface area contributed by atoms with Crippen LogP contribution in [-0.2, 0) is 0 Å². The van der Waals surface area contributed by atoms with Crippen LogP contribution in [0, 0.1) is 0 Å². The first-order valence-corrected chi connectivity index (χ1v) is 5.32. The molecule has 0 aromatic heterocycles. The molecule has 0 heterocycles. The van der Waals surface area contributed by atoms with Crippen LogP contribution in [0.15, 0.2) is 12.1 Å². The van der Waals surface area contributed by atoms with E-state index in [4.69, 9.17) is 21.4 Å². The van der Waals surface area contributed by atoms with E-state index in [9.17, 15) is 4.79 Å². The summed E-state index contributed by atoms with van der Waals surface area (Å²) < 4.78 is 5.00. The van der Waals surface area contributed by atoms with Gasteiger partial charge in [-0.15, -0.1) is 0 Å². The molecule has 0 aliphatic rings. The summed E-state index contributed by atoms with van der Waals surface area (Å²) >= 11 is 5.96. The van der Waals surface area contributed by atoms with Gasteiger partial charge in [0.25, 0.3) is 0 Å². The molecule has 0 radical (unpaired) electrons. The Morgan fingerprint density at radius 3 is 2.75 bits per heavy atom. The van der Waals surface area contributed by atoms with Gasteiger partial charge in [0.15, 0.2) is 0 Å². The van der Waals surface area contributed by atoms with Crippen LogP contribution in [0.2, 0.25) is 5.02 Å². The quantitative estimate of drug-likeness (QED) is 0.835. The van der Waals surface area contributed by atoms with Gasteiger partial charge in [-0.1, -0.05) is 18.5 Å². The normalized spacial score (nSPS) is 9.94. The predicted molar refractivity (Wildman–Crippen MR) is 63.7 cm³/mol. The topological polar surface area (TPSA) is 58.6 Å². The van der Waals surface area contributed by atoms with Crippen molar-refractivity contribution in [2.45, 2.75) is 13.3 Å². The Hall–Kier alpha value is -1.42. The van der Waals surface area contributed by atoms with Gasteiger partial charge in [-0.05, 0) is 12.5 Å². The molecule has 0 aliphatic carbocycles. The highest BCUT2D eigenvalue weighted by atomic mass is 35.5. The molecule has 2 N–H and O–H groups in total. The second-order valence-electron chi connectivity index (χ2n) is 3.26. The van der Waals surface area contributed by atoms with Crippen LogP contribution in [0.25, 0.3) is 0 Å².